The Morgan fingerprint density at radius 2 is 2.15 bits per heavy atom. The number of nitrogens with zero attached hydrogens (tertiary/aromatic N) is 1. The summed E-state index contributed by atoms with van der Waals surface area (Å²) in [6.45, 7) is 2.00. The number of carbonyl (C=O) groups is 1. The summed E-state index contributed by atoms with van der Waals surface area (Å²) >= 11 is 0. The molecule has 1 fully saturated rings. The molecule has 2 aromatic rings. The van der Waals surface area contributed by atoms with Crippen molar-refractivity contribution in [3.05, 3.63) is 35.9 Å². The van der Waals surface area contributed by atoms with Gasteiger partial charge in [0, 0.05) is 19.3 Å². The Kier molecular flexibility index (Phi) is 3.38. The van der Waals surface area contributed by atoms with E-state index < -0.39 is 0 Å². The maximum Gasteiger partial charge on any atom is 0.268 e. The molecule has 0 saturated heterocycles. The minimum atomic E-state index is -0.00102. The van der Waals surface area contributed by atoms with Gasteiger partial charge in [-0.15, -0.1) is 0 Å². The van der Waals surface area contributed by atoms with Crippen LogP contribution in [-0.2, 0) is 7.05 Å². The number of aryl methyl sites for hydroxylation is 2. The van der Waals surface area contributed by atoms with Crippen LogP contribution >= 0.6 is 0 Å². The highest BCUT2D eigenvalue weighted by molar-refractivity contribution is 6.00. The summed E-state index contributed by atoms with van der Waals surface area (Å²) in [7, 11) is 1.91. The lowest BCUT2D eigenvalue weighted by atomic mass is 10.1. The van der Waals surface area contributed by atoms with Crippen LogP contribution < -0.4 is 5.32 Å². The van der Waals surface area contributed by atoms with E-state index in [0.717, 1.165) is 29.7 Å². The summed E-state index contributed by atoms with van der Waals surface area (Å²) in [5, 5.41) is 3.15. The lowest BCUT2D eigenvalue weighted by molar-refractivity contribution is 0.0930. The molecular weight excluding hydrogens is 252 g/mol. The van der Waals surface area contributed by atoms with Gasteiger partial charge in [0.25, 0.3) is 5.91 Å². The molecule has 1 saturated carbocycles. The van der Waals surface area contributed by atoms with E-state index in [2.05, 4.69) is 5.32 Å². The molecule has 1 N–H and O–H groups in total. The van der Waals surface area contributed by atoms with Gasteiger partial charge in [-0.2, -0.15) is 0 Å². The third-order valence-electron chi connectivity index (χ3n) is 4.04. The van der Waals surface area contributed by atoms with E-state index in [4.69, 9.17) is 4.42 Å². The standard InChI is InChI=1S/C16H20N2O2/c1-11-10-18(2)15(14(11)13-8-5-9-20-13)16(19)17-12-6-3-4-7-12/h5,8-10,12H,3-4,6-7H2,1-2H3,(H,17,19). The molecule has 20 heavy (non-hydrogen) atoms. The van der Waals surface area contributed by atoms with Crippen LogP contribution in [0.25, 0.3) is 11.3 Å². The molecule has 106 valence electrons. The molecular formula is C16H20N2O2. The molecule has 3 rings (SSSR count). The Balaban J connectivity index is 1.94. The van der Waals surface area contributed by atoms with Gasteiger partial charge < -0.3 is 14.3 Å². The molecule has 0 radical (unpaired) electrons. The van der Waals surface area contributed by atoms with Gasteiger partial charge in [-0.25, -0.2) is 0 Å². The van der Waals surface area contributed by atoms with Gasteiger partial charge in [0.1, 0.15) is 11.5 Å². The second-order valence-corrected chi connectivity index (χ2v) is 5.58. The van der Waals surface area contributed by atoms with Crippen LogP contribution in [0.4, 0.5) is 0 Å². The smallest absolute Gasteiger partial charge is 0.268 e. The van der Waals surface area contributed by atoms with Crippen molar-refractivity contribution < 1.29 is 9.21 Å². The molecule has 0 unspecified atom stereocenters. The SMILES string of the molecule is Cc1cn(C)c(C(=O)NC2CCCC2)c1-c1ccco1. The number of rotatable bonds is 3. The second kappa shape index (κ2) is 5.19. The van der Waals surface area contributed by atoms with Crippen LogP contribution in [0.2, 0.25) is 0 Å². The minimum Gasteiger partial charge on any atom is -0.464 e. The number of carbonyl (C=O) groups excluding carboxylic acids is 1. The van der Waals surface area contributed by atoms with E-state index in [0.29, 0.717) is 11.7 Å². The fourth-order valence-corrected chi connectivity index (χ4v) is 3.11. The summed E-state index contributed by atoms with van der Waals surface area (Å²) in [5.74, 6) is 0.749. The quantitative estimate of drug-likeness (QED) is 0.932. The van der Waals surface area contributed by atoms with Crippen LogP contribution in [-0.4, -0.2) is 16.5 Å². The molecule has 1 aliphatic carbocycles. The summed E-state index contributed by atoms with van der Waals surface area (Å²) in [5.41, 5.74) is 2.64. The van der Waals surface area contributed by atoms with Crippen molar-refractivity contribution in [3.8, 4) is 11.3 Å². The Hall–Kier alpha value is -1.97. The number of hydrogen-bond donors (Lipinski definition) is 1. The second-order valence-electron chi connectivity index (χ2n) is 5.58. The zero-order valence-electron chi connectivity index (χ0n) is 12.0. The first kappa shape index (κ1) is 13.0. The first-order valence-corrected chi connectivity index (χ1v) is 7.17. The average Bonchev–Trinajstić information content (AvgIpc) is 3.10. The normalized spacial score (nSPS) is 15.7. The maximum atomic E-state index is 12.6. The van der Waals surface area contributed by atoms with Crippen molar-refractivity contribution in [3.63, 3.8) is 0 Å². The molecule has 4 heteroatoms. The fraction of sp³-hybridized carbons (Fsp3) is 0.438. The molecule has 4 nitrogen and oxygen atoms in total. The molecule has 1 amide bonds. The summed E-state index contributed by atoms with van der Waals surface area (Å²) in [6, 6.07) is 4.07. The van der Waals surface area contributed by atoms with Crippen LogP contribution in [0.3, 0.4) is 0 Å². The highest BCUT2D eigenvalue weighted by Gasteiger charge is 2.24. The van der Waals surface area contributed by atoms with E-state index in [9.17, 15) is 4.79 Å². The van der Waals surface area contributed by atoms with Crippen molar-refractivity contribution >= 4 is 5.91 Å². The van der Waals surface area contributed by atoms with Crippen molar-refractivity contribution in [1.29, 1.82) is 0 Å². The zero-order valence-corrected chi connectivity index (χ0v) is 12.0. The van der Waals surface area contributed by atoms with Gasteiger partial charge in [-0.05, 0) is 37.5 Å². The Morgan fingerprint density at radius 1 is 1.40 bits per heavy atom. The van der Waals surface area contributed by atoms with Gasteiger partial charge in [-0.3, -0.25) is 4.79 Å². The summed E-state index contributed by atoms with van der Waals surface area (Å²) < 4.78 is 7.37. The highest BCUT2D eigenvalue weighted by atomic mass is 16.3. The lowest BCUT2D eigenvalue weighted by Gasteiger charge is -2.13. The zero-order chi connectivity index (χ0) is 14.1. The lowest BCUT2D eigenvalue weighted by Crippen LogP contribution is -2.34. The first-order valence-electron chi connectivity index (χ1n) is 7.17. The van der Waals surface area contributed by atoms with Gasteiger partial charge >= 0.3 is 0 Å². The number of amides is 1. The molecule has 0 atom stereocenters. The van der Waals surface area contributed by atoms with Gasteiger partial charge in [0.2, 0.25) is 0 Å². The van der Waals surface area contributed by atoms with Crippen LogP contribution in [0, 0.1) is 6.92 Å². The van der Waals surface area contributed by atoms with Gasteiger partial charge in [0.15, 0.2) is 0 Å². The predicted molar refractivity (Wildman–Crippen MR) is 77.6 cm³/mol. The highest BCUT2D eigenvalue weighted by Crippen LogP contribution is 2.29. The van der Waals surface area contributed by atoms with Crippen LogP contribution in [0.15, 0.2) is 29.0 Å². The topological polar surface area (TPSA) is 47.2 Å². The Morgan fingerprint density at radius 3 is 2.80 bits per heavy atom. The molecule has 0 bridgehead atoms. The van der Waals surface area contributed by atoms with Crippen molar-refractivity contribution in [2.24, 2.45) is 7.05 Å². The molecule has 0 aromatic carbocycles. The average molecular weight is 272 g/mol. The van der Waals surface area contributed by atoms with Crippen LogP contribution in [0.5, 0.6) is 0 Å². The van der Waals surface area contributed by atoms with E-state index in [-0.39, 0.29) is 5.91 Å². The minimum absolute atomic E-state index is 0.00102. The number of aromatic nitrogens is 1. The molecule has 2 heterocycles. The van der Waals surface area contributed by atoms with Gasteiger partial charge in [-0.1, -0.05) is 12.8 Å². The maximum absolute atomic E-state index is 12.6. The number of furan rings is 1. The third kappa shape index (κ3) is 2.26. The molecule has 0 spiro atoms. The van der Waals surface area contributed by atoms with Gasteiger partial charge in [0.05, 0.1) is 11.8 Å². The Bertz CT molecular complexity index is 605. The van der Waals surface area contributed by atoms with E-state index in [1.165, 1.54) is 12.8 Å². The summed E-state index contributed by atoms with van der Waals surface area (Å²) in [6.07, 6.45) is 8.21. The van der Waals surface area contributed by atoms with Crippen LogP contribution in [0.1, 0.15) is 41.7 Å². The third-order valence-corrected chi connectivity index (χ3v) is 4.04. The first-order chi connectivity index (χ1) is 9.66. The predicted octanol–water partition coefficient (Wildman–Crippen LogP) is 3.27. The molecule has 0 aliphatic heterocycles. The molecule has 1 aliphatic rings. The van der Waals surface area contributed by atoms with Crippen molar-refractivity contribution in [1.82, 2.24) is 9.88 Å². The van der Waals surface area contributed by atoms with Crippen molar-refractivity contribution in [2.75, 3.05) is 0 Å². The monoisotopic (exact) mass is 272 g/mol. The van der Waals surface area contributed by atoms with Crippen molar-refractivity contribution in [2.45, 2.75) is 38.6 Å². The van der Waals surface area contributed by atoms with E-state index in [1.807, 2.05) is 36.9 Å². The van der Waals surface area contributed by atoms with E-state index >= 15 is 0 Å². The largest absolute Gasteiger partial charge is 0.464 e. The fourth-order valence-electron chi connectivity index (χ4n) is 3.11. The molecule has 2 aromatic heterocycles. The number of nitrogens with one attached hydrogen (secondary N) is 1. The number of hydrogen-bond acceptors (Lipinski definition) is 2. The van der Waals surface area contributed by atoms with E-state index in [1.54, 1.807) is 6.26 Å². The summed E-state index contributed by atoms with van der Waals surface area (Å²) in [4.78, 5) is 12.6. The Labute approximate surface area is 118 Å².